The van der Waals surface area contributed by atoms with E-state index in [2.05, 4.69) is 0 Å². The van der Waals surface area contributed by atoms with Crippen LogP contribution in [0, 0.1) is 5.92 Å². The molecule has 0 saturated carbocycles. The number of hydrogen-bond donors (Lipinski definition) is 1. The lowest BCUT2D eigenvalue weighted by molar-refractivity contribution is -0.137. The Morgan fingerprint density at radius 1 is 1.39 bits per heavy atom. The molecule has 0 aromatic heterocycles. The summed E-state index contributed by atoms with van der Waals surface area (Å²) in [6, 6.07) is 2.13. The van der Waals surface area contributed by atoms with Crippen LogP contribution in [0.25, 0.3) is 0 Å². The summed E-state index contributed by atoms with van der Waals surface area (Å²) in [4.78, 5) is -0.515. The molecule has 4 nitrogen and oxygen atoms in total. The van der Waals surface area contributed by atoms with E-state index in [9.17, 15) is 21.6 Å². The van der Waals surface area contributed by atoms with Gasteiger partial charge in [-0.15, -0.1) is 0 Å². The van der Waals surface area contributed by atoms with Crippen molar-refractivity contribution in [1.29, 1.82) is 0 Å². The fraction of sp³-hybridized carbons (Fsp3) is 0.571. The maximum atomic E-state index is 12.8. The average Bonchev–Trinajstić information content (AvgIpc) is 2.46. The van der Waals surface area contributed by atoms with Gasteiger partial charge in [0, 0.05) is 19.1 Å². The minimum atomic E-state index is -4.63. The second-order valence-electron chi connectivity index (χ2n) is 5.77. The lowest BCUT2D eigenvalue weighted by atomic mass is 9.93. The Labute approximate surface area is 138 Å². The number of piperidine rings is 1. The van der Waals surface area contributed by atoms with Crippen LogP contribution in [0.5, 0.6) is 0 Å². The Kier molecular flexibility index (Phi) is 5.30. The van der Waals surface area contributed by atoms with Gasteiger partial charge in [-0.25, -0.2) is 8.42 Å². The second kappa shape index (κ2) is 6.58. The van der Waals surface area contributed by atoms with Crippen molar-refractivity contribution in [2.75, 3.05) is 13.1 Å². The molecular formula is C14H18ClF3N2O2S. The number of sulfonamides is 1. The monoisotopic (exact) mass is 370 g/mol. The van der Waals surface area contributed by atoms with E-state index in [4.69, 9.17) is 17.3 Å². The summed E-state index contributed by atoms with van der Waals surface area (Å²) >= 11 is 5.85. The molecule has 1 heterocycles. The number of hydrogen-bond acceptors (Lipinski definition) is 3. The van der Waals surface area contributed by atoms with E-state index in [1.54, 1.807) is 6.92 Å². The highest BCUT2D eigenvalue weighted by molar-refractivity contribution is 7.89. The summed E-state index contributed by atoms with van der Waals surface area (Å²) in [5.41, 5.74) is 4.79. The Morgan fingerprint density at radius 3 is 2.61 bits per heavy atom. The van der Waals surface area contributed by atoms with Crippen molar-refractivity contribution in [3.63, 3.8) is 0 Å². The van der Waals surface area contributed by atoms with E-state index in [0.717, 1.165) is 18.6 Å². The third kappa shape index (κ3) is 3.99. The van der Waals surface area contributed by atoms with Crippen LogP contribution in [0.2, 0.25) is 5.02 Å². The van der Waals surface area contributed by atoms with Crippen LogP contribution >= 0.6 is 11.6 Å². The van der Waals surface area contributed by atoms with Crippen LogP contribution in [0.15, 0.2) is 23.1 Å². The van der Waals surface area contributed by atoms with Gasteiger partial charge in [-0.3, -0.25) is 0 Å². The SMILES string of the molecule is CC(N)C1CCCN(S(=O)(=O)c2cc(C(F)(F)F)ccc2Cl)C1. The van der Waals surface area contributed by atoms with Gasteiger partial charge in [0.15, 0.2) is 0 Å². The molecule has 2 atom stereocenters. The zero-order valence-corrected chi connectivity index (χ0v) is 14.0. The molecule has 0 aliphatic carbocycles. The van der Waals surface area contributed by atoms with Crippen molar-refractivity contribution in [2.45, 2.75) is 36.9 Å². The summed E-state index contributed by atoms with van der Waals surface area (Å²) in [5, 5.41) is -0.221. The first-order chi connectivity index (χ1) is 10.5. The number of rotatable bonds is 3. The Bertz CT molecular complexity index is 677. The van der Waals surface area contributed by atoms with E-state index >= 15 is 0 Å². The van der Waals surface area contributed by atoms with Crippen molar-refractivity contribution < 1.29 is 21.6 Å². The Hall–Kier alpha value is -0.830. The molecule has 1 aliphatic rings. The molecule has 1 aromatic carbocycles. The molecule has 0 spiro atoms. The summed E-state index contributed by atoms with van der Waals surface area (Å²) < 4.78 is 65.0. The molecule has 1 aromatic rings. The van der Waals surface area contributed by atoms with Crippen molar-refractivity contribution in [3.8, 4) is 0 Å². The second-order valence-corrected chi connectivity index (χ2v) is 8.08. The quantitative estimate of drug-likeness (QED) is 0.889. The van der Waals surface area contributed by atoms with E-state index < -0.39 is 26.7 Å². The van der Waals surface area contributed by atoms with Crippen LogP contribution in [-0.4, -0.2) is 31.9 Å². The molecular weight excluding hydrogens is 353 g/mol. The minimum absolute atomic E-state index is 0.0249. The molecule has 0 amide bonds. The first-order valence-electron chi connectivity index (χ1n) is 7.16. The molecule has 0 bridgehead atoms. The summed E-state index contributed by atoms with van der Waals surface area (Å²) in [6.07, 6.45) is -3.23. The third-order valence-corrected chi connectivity index (χ3v) is 6.39. The lowest BCUT2D eigenvalue weighted by Gasteiger charge is -2.34. The smallest absolute Gasteiger partial charge is 0.328 e. The fourth-order valence-corrected chi connectivity index (χ4v) is 4.67. The van der Waals surface area contributed by atoms with Crippen LogP contribution < -0.4 is 5.73 Å². The van der Waals surface area contributed by atoms with Gasteiger partial charge in [-0.1, -0.05) is 11.6 Å². The van der Waals surface area contributed by atoms with Crippen LogP contribution in [0.4, 0.5) is 13.2 Å². The molecule has 130 valence electrons. The molecule has 1 aliphatic heterocycles. The standard InChI is InChI=1S/C14H18ClF3N2O2S/c1-9(19)10-3-2-6-20(8-10)23(21,22)13-7-11(14(16,17)18)4-5-12(13)15/h4-5,7,9-10H,2-3,6,8,19H2,1H3. The Morgan fingerprint density at radius 2 is 2.04 bits per heavy atom. The molecule has 2 N–H and O–H groups in total. The fourth-order valence-electron chi connectivity index (χ4n) is 2.64. The number of benzene rings is 1. The van der Waals surface area contributed by atoms with Gasteiger partial charge in [0.05, 0.1) is 10.6 Å². The predicted molar refractivity (Wildman–Crippen MR) is 81.6 cm³/mol. The van der Waals surface area contributed by atoms with Gasteiger partial charge in [-0.05, 0) is 43.9 Å². The molecule has 2 rings (SSSR count). The summed E-state index contributed by atoms with van der Waals surface area (Å²) in [5.74, 6) is -0.0249. The number of nitrogens with two attached hydrogens (primary N) is 1. The van der Waals surface area contributed by atoms with Crippen molar-refractivity contribution >= 4 is 21.6 Å². The van der Waals surface area contributed by atoms with Crippen LogP contribution in [-0.2, 0) is 16.2 Å². The van der Waals surface area contributed by atoms with E-state index in [1.807, 2.05) is 0 Å². The van der Waals surface area contributed by atoms with Gasteiger partial charge in [0.2, 0.25) is 10.0 Å². The topological polar surface area (TPSA) is 63.4 Å². The Balaban J connectivity index is 2.39. The first-order valence-corrected chi connectivity index (χ1v) is 8.97. The molecule has 9 heteroatoms. The van der Waals surface area contributed by atoms with Gasteiger partial charge in [-0.2, -0.15) is 17.5 Å². The molecule has 1 saturated heterocycles. The molecule has 0 radical (unpaired) electrons. The normalized spacial score (nSPS) is 22.1. The minimum Gasteiger partial charge on any atom is -0.328 e. The van der Waals surface area contributed by atoms with Crippen molar-refractivity contribution in [1.82, 2.24) is 4.31 Å². The van der Waals surface area contributed by atoms with Crippen LogP contribution in [0.1, 0.15) is 25.3 Å². The zero-order valence-electron chi connectivity index (χ0n) is 12.5. The summed E-state index contributed by atoms with van der Waals surface area (Å²) in [6.45, 7) is 2.22. The van der Waals surface area contributed by atoms with Crippen LogP contribution in [0.3, 0.4) is 0 Å². The van der Waals surface area contributed by atoms with Gasteiger partial charge in [0.25, 0.3) is 0 Å². The van der Waals surface area contributed by atoms with E-state index in [-0.39, 0.29) is 30.1 Å². The maximum Gasteiger partial charge on any atom is 0.416 e. The molecule has 2 unspecified atom stereocenters. The van der Waals surface area contributed by atoms with E-state index in [0.29, 0.717) is 12.5 Å². The average molecular weight is 371 g/mol. The van der Waals surface area contributed by atoms with Gasteiger partial charge < -0.3 is 5.73 Å². The highest BCUT2D eigenvalue weighted by Crippen LogP contribution is 2.35. The predicted octanol–water partition coefficient (Wildman–Crippen LogP) is 3.11. The third-order valence-electron chi connectivity index (χ3n) is 4.04. The largest absolute Gasteiger partial charge is 0.416 e. The molecule has 1 fully saturated rings. The number of alkyl halides is 3. The summed E-state index contributed by atoms with van der Waals surface area (Å²) in [7, 11) is -4.10. The van der Waals surface area contributed by atoms with Gasteiger partial charge >= 0.3 is 6.18 Å². The highest BCUT2D eigenvalue weighted by atomic mass is 35.5. The number of nitrogens with zero attached hydrogens (tertiary/aromatic N) is 1. The van der Waals surface area contributed by atoms with Crippen molar-refractivity contribution in [2.24, 2.45) is 11.7 Å². The van der Waals surface area contributed by atoms with Crippen molar-refractivity contribution in [3.05, 3.63) is 28.8 Å². The first kappa shape index (κ1) is 18.5. The zero-order chi connectivity index (χ0) is 17.4. The maximum absolute atomic E-state index is 12.8. The number of halogens is 4. The highest BCUT2D eigenvalue weighted by Gasteiger charge is 2.36. The molecule has 23 heavy (non-hydrogen) atoms. The lowest BCUT2D eigenvalue weighted by Crippen LogP contribution is -2.45. The van der Waals surface area contributed by atoms with E-state index in [1.165, 1.54) is 4.31 Å². The van der Waals surface area contributed by atoms with Gasteiger partial charge in [0.1, 0.15) is 4.90 Å².